The number of sulfonamides is 1. The number of methoxy groups -OCH3 is 1. The van der Waals surface area contributed by atoms with E-state index < -0.39 is 10.0 Å². The van der Waals surface area contributed by atoms with Crippen molar-refractivity contribution >= 4 is 33.3 Å². The molecule has 1 aromatic rings. The molecule has 0 saturated carbocycles. The Morgan fingerprint density at radius 1 is 1.38 bits per heavy atom. The first kappa shape index (κ1) is 22.0. The predicted octanol–water partition coefficient (Wildman–Crippen LogP) is 1.52. The minimum atomic E-state index is -3.07. The van der Waals surface area contributed by atoms with Gasteiger partial charge in [-0.25, -0.2) is 12.7 Å². The Morgan fingerprint density at radius 3 is 2.90 bits per heavy atom. The second-order valence-electron chi connectivity index (χ2n) is 7.22. The van der Waals surface area contributed by atoms with Crippen molar-refractivity contribution in [2.24, 2.45) is 4.99 Å². The molecule has 2 heterocycles. The van der Waals surface area contributed by atoms with Gasteiger partial charge in [-0.2, -0.15) is 0 Å². The number of ether oxygens (including phenoxy) is 1. The van der Waals surface area contributed by atoms with Crippen LogP contribution in [0.1, 0.15) is 19.8 Å². The fraction of sp³-hybridized carbons (Fsp3) is 0.632. The number of hydrogen-bond acceptors (Lipinski definition) is 5. The third-order valence-electron chi connectivity index (χ3n) is 5.18. The molecular weight excluding hydrogens is 414 g/mol. The number of benzene rings is 1. The predicted molar refractivity (Wildman–Crippen MR) is 118 cm³/mol. The molecule has 2 fully saturated rings. The van der Waals surface area contributed by atoms with Gasteiger partial charge in [-0.3, -0.25) is 4.99 Å². The molecule has 10 heteroatoms. The van der Waals surface area contributed by atoms with E-state index in [2.05, 4.69) is 20.5 Å². The number of aliphatic imine (C=N–C) groups is 1. The van der Waals surface area contributed by atoms with E-state index >= 15 is 0 Å². The van der Waals surface area contributed by atoms with Gasteiger partial charge in [0.15, 0.2) is 5.96 Å². The van der Waals surface area contributed by atoms with Crippen LogP contribution in [-0.4, -0.2) is 76.9 Å². The van der Waals surface area contributed by atoms with Gasteiger partial charge in [0.05, 0.1) is 25.1 Å². The summed E-state index contributed by atoms with van der Waals surface area (Å²) in [5, 5.41) is 7.40. The fourth-order valence-electron chi connectivity index (χ4n) is 3.74. The van der Waals surface area contributed by atoms with Crippen LogP contribution in [0, 0.1) is 0 Å². The highest BCUT2D eigenvalue weighted by Gasteiger charge is 2.28. The van der Waals surface area contributed by atoms with Crippen molar-refractivity contribution in [2.45, 2.75) is 25.8 Å². The molecule has 2 N–H and O–H groups in total. The Balaban J connectivity index is 1.58. The highest BCUT2D eigenvalue weighted by atomic mass is 35.5. The molecule has 0 aliphatic carbocycles. The van der Waals surface area contributed by atoms with E-state index in [4.69, 9.17) is 16.3 Å². The second kappa shape index (κ2) is 9.86. The van der Waals surface area contributed by atoms with E-state index in [-0.39, 0.29) is 11.8 Å². The number of anilines is 1. The average Bonchev–Trinajstić information content (AvgIpc) is 3.28. The normalized spacial score (nSPS) is 22.1. The highest BCUT2D eigenvalue weighted by Crippen LogP contribution is 2.33. The maximum atomic E-state index is 11.9. The number of nitrogens with one attached hydrogen (secondary N) is 2. The van der Waals surface area contributed by atoms with Crippen molar-refractivity contribution in [3.05, 3.63) is 23.2 Å². The molecule has 0 bridgehead atoms. The van der Waals surface area contributed by atoms with Crippen molar-refractivity contribution in [2.75, 3.05) is 57.0 Å². The van der Waals surface area contributed by atoms with Crippen LogP contribution in [-0.2, 0) is 10.0 Å². The van der Waals surface area contributed by atoms with Gasteiger partial charge in [-0.15, -0.1) is 0 Å². The van der Waals surface area contributed by atoms with Crippen molar-refractivity contribution < 1.29 is 13.2 Å². The zero-order valence-electron chi connectivity index (χ0n) is 17.0. The van der Waals surface area contributed by atoms with E-state index in [1.54, 1.807) is 7.11 Å². The summed E-state index contributed by atoms with van der Waals surface area (Å²) in [6.07, 6.45) is 1.66. The Morgan fingerprint density at radius 2 is 2.21 bits per heavy atom. The SMILES string of the molecule is CCNC(=NCCN1CCCS1(=O)=O)NC1CCN(c2cc(Cl)ccc2OC)C1. The lowest BCUT2D eigenvalue weighted by molar-refractivity contribution is 0.415. The van der Waals surface area contributed by atoms with E-state index in [0.717, 1.165) is 37.5 Å². The van der Waals surface area contributed by atoms with Crippen LogP contribution in [0.25, 0.3) is 0 Å². The minimum Gasteiger partial charge on any atom is -0.495 e. The van der Waals surface area contributed by atoms with Gasteiger partial charge in [-0.05, 0) is 38.0 Å². The van der Waals surface area contributed by atoms with Gasteiger partial charge in [0.2, 0.25) is 10.0 Å². The lowest BCUT2D eigenvalue weighted by Crippen LogP contribution is -2.45. The zero-order chi connectivity index (χ0) is 20.9. The molecule has 8 nitrogen and oxygen atoms in total. The standard InChI is InChI=1S/C19H30ClN5O3S/c1-3-21-19(22-8-11-25-9-4-12-29(25,26)27)23-16-7-10-24(14-16)17-13-15(20)5-6-18(17)28-2/h5-6,13,16H,3-4,7-12,14H2,1-2H3,(H2,21,22,23). The molecule has 1 atom stereocenters. The highest BCUT2D eigenvalue weighted by molar-refractivity contribution is 7.89. The quantitative estimate of drug-likeness (QED) is 0.491. The third-order valence-corrected chi connectivity index (χ3v) is 7.37. The number of nitrogens with zero attached hydrogens (tertiary/aromatic N) is 3. The maximum Gasteiger partial charge on any atom is 0.214 e. The Hall–Kier alpha value is -1.71. The number of guanidine groups is 1. The average molecular weight is 444 g/mol. The summed E-state index contributed by atoms with van der Waals surface area (Å²) in [5.74, 6) is 1.77. The Kier molecular flexibility index (Phi) is 7.48. The molecule has 0 radical (unpaired) electrons. The van der Waals surface area contributed by atoms with Crippen LogP contribution in [0.2, 0.25) is 5.02 Å². The van der Waals surface area contributed by atoms with Crippen LogP contribution in [0.3, 0.4) is 0 Å². The maximum absolute atomic E-state index is 11.9. The number of hydrogen-bond donors (Lipinski definition) is 2. The first-order valence-electron chi connectivity index (χ1n) is 10.0. The van der Waals surface area contributed by atoms with Crippen LogP contribution < -0.4 is 20.3 Å². The molecular formula is C19H30ClN5O3S. The first-order valence-corrected chi connectivity index (χ1v) is 12.0. The zero-order valence-corrected chi connectivity index (χ0v) is 18.6. The lowest BCUT2D eigenvalue weighted by Gasteiger charge is -2.22. The first-order chi connectivity index (χ1) is 13.9. The van der Waals surface area contributed by atoms with E-state index in [1.165, 1.54) is 4.31 Å². The Labute approximate surface area is 178 Å². The molecule has 1 unspecified atom stereocenters. The molecule has 29 heavy (non-hydrogen) atoms. The lowest BCUT2D eigenvalue weighted by atomic mass is 10.2. The molecule has 162 valence electrons. The van der Waals surface area contributed by atoms with Crippen LogP contribution >= 0.6 is 11.6 Å². The number of halogens is 1. The summed E-state index contributed by atoms with van der Waals surface area (Å²) in [6.45, 7) is 5.91. The van der Waals surface area contributed by atoms with Gasteiger partial charge in [0.1, 0.15) is 5.75 Å². The molecule has 2 saturated heterocycles. The van der Waals surface area contributed by atoms with Gasteiger partial charge in [0.25, 0.3) is 0 Å². The molecule has 2 aliphatic rings. The number of rotatable bonds is 7. The summed E-state index contributed by atoms with van der Waals surface area (Å²) in [7, 11) is -1.41. The molecule has 0 spiro atoms. The summed E-state index contributed by atoms with van der Waals surface area (Å²) in [5.41, 5.74) is 0.991. The van der Waals surface area contributed by atoms with Crippen molar-refractivity contribution in [3.63, 3.8) is 0 Å². The van der Waals surface area contributed by atoms with Crippen molar-refractivity contribution in [1.29, 1.82) is 0 Å². The fourth-order valence-corrected chi connectivity index (χ4v) is 5.42. The van der Waals surface area contributed by atoms with Gasteiger partial charge >= 0.3 is 0 Å². The summed E-state index contributed by atoms with van der Waals surface area (Å²) in [6, 6.07) is 5.87. The topological polar surface area (TPSA) is 86.3 Å². The molecule has 2 aliphatic heterocycles. The van der Waals surface area contributed by atoms with Crippen molar-refractivity contribution in [1.82, 2.24) is 14.9 Å². The van der Waals surface area contributed by atoms with E-state index in [9.17, 15) is 8.42 Å². The van der Waals surface area contributed by atoms with Crippen molar-refractivity contribution in [3.8, 4) is 5.75 Å². The van der Waals surface area contributed by atoms with Gasteiger partial charge in [0, 0.05) is 43.8 Å². The second-order valence-corrected chi connectivity index (χ2v) is 9.75. The van der Waals surface area contributed by atoms with Gasteiger partial charge < -0.3 is 20.3 Å². The monoisotopic (exact) mass is 443 g/mol. The van der Waals surface area contributed by atoms with Crippen LogP contribution in [0.15, 0.2) is 23.2 Å². The molecule has 1 aromatic carbocycles. The largest absolute Gasteiger partial charge is 0.495 e. The molecule has 0 amide bonds. The van der Waals surface area contributed by atoms with E-state index in [1.807, 2.05) is 25.1 Å². The minimum absolute atomic E-state index is 0.229. The van der Waals surface area contributed by atoms with Crippen LogP contribution in [0.4, 0.5) is 5.69 Å². The van der Waals surface area contributed by atoms with Gasteiger partial charge in [-0.1, -0.05) is 11.6 Å². The summed E-state index contributed by atoms with van der Waals surface area (Å²) >= 11 is 6.17. The van der Waals surface area contributed by atoms with E-state index in [0.29, 0.717) is 37.0 Å². The third kappa shape index (κ3) is 5.67. The summed E-state index contributed by atoms with van der Waals surface area (Å²) < 4.78 is 30.8. The molecule has 0 aromatic heterocycles. The summed E-state index contributed by atoms with van der Waals surface area (Å²) in [4.78, 5) is 6.83. The smallest absolute Gasteiger partial charge is 0.214 e. The molecule has 3 rings (SSSR count). The van der Waals surface area contributed by atoms with Crippen LogP contribution in [0.5, 0.6) is 5.75 Å². The Bertz CT molecular complexity index is 833.